The van der Waals surface area contributed by atoms with Gasteiger partial charge in [0.1, 0.15) is 17.7 Å². The Hall–Kier alpha value is -2.92. The molecule has 8 heteroatoms. The Morgan fingerprint density at radius 3 is 2.33 bits per heavy atom. The van der Waals surface area contributed by atoms with E-state index in [9.17, 15) is 14.4 Å². The molecule has 1 aromatic rings. The number of nitrogens with one attached hydrogen (secondary N) is 2. The van der Waals surface area contributed by atoms with Crippen LogP contribution in [0, 0.1) is 12.3 Å². The van der Waals surface area contributed by atoms with Crippen molar-refractivity contribution in [1.82, 2.24) is 15.5 Å². The van der Waals surface area contributed by atoms with Gasteiger partial charge in [0, 0.05) is 18.2 Å². The van der Waals surface area contributed by atoms with Crippen LogP contribution < -0.4 is 10.6 Å². The number of alkyl carbamates (subject to hydrolysis) is 1. The van der Waals surface area contributed by atoms with Crippen molar-refractivity contribution in [2.75, 3.05) is 18.6 Å². The highest BCUT2D eigenvalue weighted by atomic mass is 32.2. The van der Waals surface area contributed by atoms with Gasteiger partial charge in [-0.05, 0) is 70.2 Å². The van der Waals surface area contributed by atoms with Gasteiger partial charge in [0.25, 0.3) is 0 Å². The molecule has 0 spiro atoms. The third kappa shape index (κ3) is 10.4. The predicted molar refractivity (Wildman–Crippen MR) is 148 cm³/mol. The minimum atomic E-state index is -0.932. The van der Waals surface area contributed by atoms with Crippen molar-refractivity contribution < 1.29 is 19.1 Å². The van der Waals surface area contributed by atoms with Crippen molar-refractivity contribution >= 4 is 29.7 Å². The van der Waals surface area contributed by atoms with E-state index >= 15 is 0 Å². The van der Waals surface area contributed by atoms with Gasteiger partial charge in [0.15, 0.2) is 0 Å². The molecule has 0 fully saturated rings. The number of hydrogen-bond acceptors (Lipinski definition) is 5. The number of terminal acetylenes is 1. The zero-order valence-electron chi connectivity index (χ0n) is 22.4. The summed E-state index contributed by atoms with van der Waals surface area (Å²) in [6, 6.07) is 5.12. The Balaban J connectivity index is 3.43. The maximum absolute atomic E-state index is 13.9. The number of hydrogen-bond donors (Lipinski definition) is 2. The molecule has 3 atom stereocenters. The van der Waals surface area contributed by atoms with Crippen LogP contribution in [0.1, 0.15) is 71.0 Å². The van der Waals surface area contributed by atoms with E-state index in [0.717, 1.165) is 12.8 Å². The summed E-state index contributed by atoms with van der Waals surface area (Å²) in [6.07, 6.45) is 10.4. The van der Waals surface area contributed by atoms with Crippen LogP contribution in [0.3, 0.4) is 0 Å². The summed E-state index contributed by atoms with van der Waals surface area (Å²) in [5.74, 6) is 2.51. The maximum Gasteiger partial charge on any atom is 0.408 e. The van der Waals surface area contributed by atoms with Crippen LogP contribution in [0.5, 0.6) is 0 Å². The monoisotopic (exact) mass is 515 g/mol. The average molecular weight is 516 g/mol. The summed E-state index contributed by atoms with van der Waals surface area (Å²) in [4.78, 5) is 41.4. The normalized spacial score (nSPS) is 13.5. The minimum Gasteiger partial charge on any atom is -0.444 e. The zero-order chi connectivity index (χ0) is 27.3. The van der Waals surface area contributed by atoms with E-state index in [4.69, 9.17) is 11.2 Å². The van der Waals surface area contributed by atoms with Gasteiger partial charge in [-0.15, -0.1) is 13.0 Å². The highest BCUT2D eigenvalue weighted by molar-refractivity contribution is 7.98. The summed E-state index contributed by atoms with van der Waals surface area (Å²) < 4.78 is 5.39. The quantitative estimate of drug-likeness (QED) is 0.294. The molecule has 3 amide bonds. The number of amides is 3. The molecule has 0 bridgehead atoms. The molecule has 0 aliphatic carbocycles. The fraction of sp³-hybridized carbons (Fsp3) is 0.536. The van der Waals surface area contributed by atoms with Gasteiger partial charge in [0.2, 0.25) is 11.8 Å². The third-order valence-electron chi connectivity index (χ3n) is 5.27. The second-order valence-electron chi connectivity index (χ2n) is 9.63. The maximum atomic E-state index is 13.9. The van der Waals surface area contributed by atoms with Crippen LogP contribution >= 0.6 is 11.8 Å². The van der Waals surface area contributed by atoms with E-state index < -0.39 is 23.8 Å². The molecule has 0 aliphatic rings. The third-order valence-corrected chi connectivity index (χ3v) is 5.92. The lowest BCUT2D eigenvalue weighted by Crippen LogP contribution is -2.53. The fourth-order valence-corrected chi connectivity index (χ4v) is 4.14. The molecule has 0 saturated carbocycles. The van der Waals surface area contributed by atoms with Crippen LogP contribution in [-0.4, -0.2) is 59.0 Å². The topological polar surface area (TPSA) is 87.7 Å². The minimum absolute atomic E-state index is 0.0668. The van der Waals surface area contributed by atoms with E-state index in [1.165, 1.54) is 4.90 Å². The lowest BCUT2D eigenvalue weighted by Gasteiger charge is -2.34. The second-order valence-corrected chi connectivity index (χ2v) is 10.6. The number of carbonyl (C=O) groups is 3. The van der Waals surface area contributed by atoms with Crippen molar-refractivity contribution in [3.05, 3.63) is 48.0 Å². The van der Waals surface area contributed by atoms with Crippen molar-refractivity contribution in [2.24, 2.45) is 0 Å². The van der Waals surface area contributed by atoms with Crippen LogP contribution in [0.25, 0.3) is 0 Å². The smallest absolute Gasteiger partial charge is 0.408 e. The fourth-order valence-electron chi connectivity index (χ4n) is 3.67. The van der Waals surface area contributed by atoms with Gasteiger partial charge in [-0.25, -0.2) is 4.79 Å². The molecular weight excluding hydrogens is 474 g/mol. The van der Waals surface area contributed by atoms with Crippen LogP contribution in [0.4, 0.5) is 4.79 Å². The molecule has 198 valence electrons. The highest BCUT2D eigenvalue weighted by Gasteiger charge is 2.36. The van der Waals surface area contributed by atoms with E-state index in [2.05, 4.69) is 23.1 Å². The van der Waals surface area contributed by atoms with E-state index in [0.29, 0.717) is 23.3 Å². The molecule has 0 radical (unpaired) electrons. The molecule has 36 heavy (non-hydrogen) atoms. The van der Waals surface area contributed by atoms with Gasteiger partial charge in [-0.3, -0.25) is 9.59 Å². The lowest BCUT2D eigenvalue weighted by molar-refractivity contribution is -0.142. The number of thioether (sulfide) groups is 1. The van der Waals surface area contributed by atoms with Crippen LogP contribution in [0.2, 0.25) is 0 Å². The Morgan fingerprint density at radius 2 is 1.83 bits per heavy atom. The molecule has 0 saturated heterocycles. The molecule has 3 unspecified atom stereocenters. The molecule has 0 aliphatic heterocycles. The first-order valence-corrected chi connectivity index (χ1v) is 13.6. The summed E-state index contributed by atoms with van der Waals surface area (Å²) >= 11 is 1.56. The van der Waals surface area contributed by atoms with Crippen LogP contribution in [0.15, 0.2) is 36.9 Å². The Morgan fingerprint density at radius 1 is 1.19 bits per heavy atom. The molecule has 7 nitrogen and oxygen atoms in total. The van der Waals surface area contributed by atoms with Crippen LogP contribution in [-0.2, 0) is 14.3 Å². The second kappa shape index (κ2) is 15.2. The summed E-state index contributed by atoms with van der Waals surface area (Å²) in [5.41, 5.74) is 0.573. The van der Waals surface area contributed by atoms with E-state index in [1.807, 2.05) is 20.1 Å². The SMILES string of the molecule is C#Cc1ccc(C(C(=O)NC(C)CCC)N(CC=C)C(=O)C(CCSC)NC(=O)OC(C)(C)C)cc1. The number of ether oxygens (including phenoxy) is 1. The molecule has 0 aromatic heterocycles. The first-order chi connectivity index (χ1) is 17.0. The van der Waals surface area contributed by atoms with Gasteiger partial charge >= 0.3 is 6.09 Å². The number of rotatable bonds is 13. The Labute approximate surface area is 220 Å². The largest absolute Gasteiger partial charge is 0.444 e. The van der Waals surface area contributed by atoms with Crippen molar-refractivity contribution in [3.63, 3.8) is 0 Å². The molecule has 1 rings (SSSR count). The number of benzene rings is 1. The molecule has 1 aromatic carbocycles. The van der Waals surface area contributed by atoms with E-state index in [1.54, 1.807) is 62.9 Å². The Kier molecular flexibility index (Phi) is 13.2. The van der Waals surface area contributed by atoms with E-state index in [-0.39, 0.29) is 24.4 Å². The molecular formula is C28H41N3O4S. The molecule has 2 N–H and O–H groups in total. The van der Waals surface area contributed by atoms with Gasteiger partial charge in [-0.2, -0.15) is 11.8 Å². The predicted octanol–water partition coefficient (Wildman–Crippen LogP) is 4.67. The number of carbonyl (C=O) groups excluding carboxylic acids is 3. The van der Waals surface area contributed by atoms with Gasteiger partial charge in [-0.1, -0.05) is 37.5 Å². The Bertz CT molecular complexity index is 918. The van der Waals surface area contributed by atoms with Crippen molar-refractivity contribution in [2.45, 2.75) is 77.6 Å². The number of nitrogens with zero attached hydrogens (tertiary/aromatic N) is 1. The highest BCUT2D eigenvalue weighted by Crippen LogP contribution is 2.24. The van der Waals surface area contributed by atoms with Gasteiger partial charge in [0.05, 0.1) is 0 Å². The lowest BCUT2D eigenvalue weighted by atomic mass is 10.00. The van der Waals surface area contributed by atoms with Crippen molar-refractivity contribution in [1.29, 1.82) is 0 Å². The zero-order valence-corrected chi connectivity index (χ0v) is 23.2. The summed E-state index contributed by atoms with van der Waals surface area (Å²) in [5, 5.41) is 5.75. The van der Waals surface area contributed by atoms with Gasteiger partial charge < -0.3 is 20.3 Å². The van der Waals surface area contributed by atoms with Crippen molar-refractivity contribution in [3.8, 4) is 12.3 Å². The summed E-state index contributed by atoms with van der Waals surface area (Å²) in [7, 11) is 0. The molecule has 0 heterocycles. The first kappa shape index (κ1) is 31.1. The first-order valence-electron chi connectivity index (χ1n) is 12.2. The average Bonchev–Trinajstić information content (AvgIpc) is 2.80. The standard InChI is InChI=1S/C28H41N3O4S/c1-9-12-20(4)29-25(32)24(22-15-13-21(11-3)14-16-22)31(18-10-2)26(33)23(17-19-36-8)30-27(34)35-28(5,6)7/h3,10,13-16,20,23-24H,2,9,12,17-19H2,1,4-8H3,(H,29,32)(H,30,34). The summed E-state index contributed by atoms with van der Waals surface area (Å²) in [6.45, 7) is 13.2.